The Kier molecular flexibility index (Phi) is 3.55. The number of aryl methyl sites for hydroxylation is 2. The highest BCUT2D eigenvalue weighted by Crippen LogP contribution is 2.21. The van der Waals surface area contributed by atoms with Gasteiger partial charge in [0.15, 0.2) is 0 Å². The molecule has 14 heavy (non-hydrogen) atoms. The molecular weight excluding hydrogens is 174 g/mol. The summed E-state index contributed by atoms with van der Waals surface area (Å²) in [6.45, 7) is 4.48. The molecule has 0 heterocycles. The number of methoxy groups -OCH3 is 1. The smallest absolute Gasteiger partial charge is 0.134 e. The third-order valence-electron chi connectivity index (χ3n) is 2.14. The van der Waals surface area contributed by atoms with Gasteiger partial charge in [-0.2, -0.15) is 0 Å². The fourth-order valence-electron chi connectivity index (χ4n) is 1.20. The van der Waals surface area contributed by atoms with Gasteiger partial charge < -0.3 is 10.5 Å². The predicted molar refractivity (Wildman–Crippen MR) is 58.4 cm³/mol. The van der Waals surface area contributed by atoms with Gasteiger partial charge in [0.05, 0.1) is 19.2 Å². The molecule has 0 saturated heterocycles. The molecule has 0 saturated carbocycles. The summed E-state index contributed by atoms with van der Waals surface area (Å²) in [4.78, 5) is 0. The van der Waals surface area contributed by atoms with Crippen molar-refractivity contribution in [3.05, 3.63) is 28.8 Å². The summed E-state index contributed by atoms with van der Waals surface area (Å²) in [5.74, 6) is 6.63. The van der Waals surface area contributed by atoms with E-state index in [-0.39, 0.29) is 0 Å². The van der Waals surface area contributed by atoms with E-state index in [0.29, 0.717) is 6.54 Å². The molecule has 1 aromatic carbocycles. The second kappa shape index (κ2) is 4.69. The van der Waals surface area contributed by atoms with Gasteiger partial charge >= 0.3 is 0 Å². The topological polar surface area (TPSA) is 35.2 Å². The summed E-state index contributed by atoms with van der Waals surface area (Å²) >= 11 is 0. The van der Waals surface area contributed by atoms with E-state index in [1.807, 2.05) is 12.1 Å². The van der Waals surface area contributed by atoms with Crippen molar-refractivity contribution < 1.29 is 4.74 Å². The van der Waals surface area contributed by atoms with Crippen molar-refractivity contribution in [2.45, 2.75) is 13.8 Å². The first-order valence-electron chi connectivity index (χ1n) is 4.53. The molecule has 0 aliphatic rings. The average molecular weight is 189 g/mol. The highest BCUT2D eigenvalue weighted by atomic mass is 16.5. The van der Waals surface area contributed by atoms with Crippen LogP contribution >= 0.6 is 0 Å². The summed E-state index contributed by atoms with van der Waals surface area (Å²) in [6, 6.07) is 4.02. The number of nitrogens with two attached hydrogens (primary N) is 1. The molecule has 0 radical (unpaired) electrons. The van der Waals surface area contributed by atoms with E-state index in [4.69, 9.17) is 10.5 Å². The van der Waals surface area contributed by atoms with Crippen molar-refractivity contribution in [3.8, 4) is 17.6 Å². The third kappa shape index (κ3) is 2.27. The zero-order valence-corrected chi connectivity index (χ0v) is 8.85. The largest absolute Gasteiger partial charge is 0.495 e. The van der Waals surface area contributed by atoms with Crippen LogP contribution in [0.1, 0.15) is 16.7 Å². The van der Waals surface area contributed by atoms with Gasteiger partial charge in [-0.1, -0.05) is 11.8 Å². The molecule has 0 amide bonds. The molecular formula is C12H15NO. The fourth-order valence-corrected chi connectivity index (χ4v) is 1.20. The fraction of sp³-hybridized carbons (Fsp3) is 0.333. The lowest BCUT2D eigenvalue weighted by molar-refractivity contribution is 0.413. The zero-order valence-electron chi connectivity index (χ0n) is 8.85. The average Bonchev–Trinajstić information content (AvgIpc) is 2.19. The summed E-state index contributed by atoms with van der Waals surface area (Å²) in [5.41, 5.74) is 8.65. The molecule has 2 heteroatoms. The summed E-state index contributed by atoms with van der Waals surface area (Å²) in [6.07, 6.45) is 0. The van der Waals surface area contributed by atoms with E-state index in [1.54, 1.807) is 7.11 Å². The van der Waals surface area contributed by atoms with Gasteiger partial charge in [0, 0.05) is 0 Å². The minimum Gasteiger partial charge on any atom is -0.495 e. The summed E-state index contributed by atoms with van der Waals surface area (Å²) in [5, 5.41) is 0. The van der Waals surface area contributed by atoms with Crippen LogP contribution in [0.15, 0.2) is 12.1 Å². The Bertz CT molecular complexity index is 385. The van der Waals surface area contributed by atoms with Gasteiger partial charge in [0.1, 0.15) is 5.75 Å². The number of rotatable bonds is 1. The van der Waals surface area contributed by atoms with Crippen LogP contribution in [-0.4, -0.2) is 13.7 Å². The van der Waals surface area contributed by atoms with Gasteiger partial charge in [-0.25, -0.2) is 0 Å². The third-order valence-corrected chi connectivity index (χ3v) is 2.14. The molecule has 0 unspecified atom stereocenters. The van der Waals surface area contributed by atoms with E-state index >= 15 is 0 Å². The van der Waals surface area contributed by atoms with Gasteiger partial charge in [-0.15, -0.1) is 0 Å². The van der Waals surface area contributed by atoms with Gasteiger partial charge in [-0.05, 0) is 37.1 Å². The number of hydrogen-bond acceptors (Lipinski definition) is 2. The Balaban J connectivity index is 3.20. The van der Waals surface area contributed by atoms with Crippen LogP contribution in [0.5, 0.6) is 5.75 Å². The normalized spacial score (nSPS) is 9.14. The minimum absolute atomic E-state index is 0.371. The first-order valence-corrected chi connectivity index (χ1v) is 4.53. The van der Waals surface area contributed by atoms with Gasteiger partial charge in [0.2, 0.25) is 0 Å². The Morgan fingerprint density at radius 2 is 1.93 bits per heavy atom. The SMILES string of the molecule is COc1cc(C)c(C)cc1C#CCN. The van der Waals surface area contributed by atoms with E-state index < -0.39 is 0 Å². The minimum atomic E-state index is 0.371. The molecule has 2 N–H and O–H groups in total. The van der Waals surface area contributed by atoms with Crippen molar-refractivity contribution in [1.82, 2.24) is 0 Å². The highest BCUT2D eigenvalue weighted by Gasteiger charge is 2.02. The Labute approximate surface area is 85.1 Å². The van der Waals surface area contributed by atoms with Crippen molar-refractivity contribution in [2.24, 2.45) is 5.73 Å². The molecule has 0 spiro atoms. The molecule has 0 fully saturated rings. The second-order valence-electron chi connectivity index (χ2n) is 3.14. The zero-order chi connectivity index (χ0) is 10.6. The first-order chi connectivity index (χ1) is 6.69. The van der Waals surface area contributed by atoms with Crippen LogP contribution in [-0.2, 0) is 0 Å². The van der Waals surface area contributed by atoms with E-state index in [2.05, 4.69) is 25.7 Å². The lowest BCUT2D eigenvalue weighted by atomic mass is 10.1. The van der Waals surface area contributed by atoms with Crippen molar-refractivity contribution in [3.63, 3.8) is 0 Å². The Morgan fingerprint density at radius 3 is 2.50 bits per heavy atom. The maximum absolute atomic E-state index is 5.32. The molecule has 0 aliphatic heterocycles. The maximum Gasteiger partial charge on any atom is 0.134 e. The van der Waals surface area contributed by atoms with E-state index in [9.17, 15) is 0 Å². The summed E-state index contributed by atoms with van der Waals surface area (Å²) in [7, 11) is 1.65. The van der Waals surface area contributed by atoms with Crippen molar-refractivity contribution in [2.75, 3.05) is 13.7 Å². The molecule has 1 aromatic rings. The lowest BCUT2D eigenvalue weighted by Gasteiger charge is -2.07. The molecule has 1 rings (SSSR count). The van der Waals surface area contributed by atoms with Gasteiger partial charge in [-0.3, -0.25) is 0 Å². The standard InChI is InChI=1S/C12H15NO/c1-9-7-11(5-4-6-13)12(14-3)8-10(9)2/h7-8H,6,13H2,1-3H3. The Morgan fingerprint density at radius 1 is 1.29 bits per heavy atom. The highest BCUT2D eigenvalue weighted by molar-refractivity contribution is 5.50. The molecule has 2 nitrogen and oxygen atoms in total. The number of ether oxygens (including phenoxy) is 1. The predicted octanol–water partition coefficient (Wildman–Crippen LogP) is 1.62. The lowest BCUT2D eigenvalue weighted by Crippen LogP contribution is -1.95. The van der Waals surface area contributed by atoms with Gasteiger partial charge in [0.25, 0.3) is 0 Å². The van der Waals surface area contributed by atoms with Crippen molar-refractivity contribution >= 4 is 0 Å². The second-order valence-corrected chi connectivity index (χ2v) is 3.14. The van der Waals surface area contributed by atoms with Crippen LogP contribution in [0.25, 0.3) is 0 Å². The maximum atomic E-state index is 5.32. The molecule has 0 aromatic heterocycles. The molecule has 0 aliphatic carbocycles. The molecule has 74 valence electrons. The monoisotopic (exact) mass is 189 g/mol. The van der Waals surface area contributed by atoms with Crippen LogP contribution in [0.4, 0.5) is 0 Å². The van der Waals surface area contributed by atoms with E-state index in [1.165, 1.54) is 11.1 Å². The molecule has 0 atom stereocenters. The van der Waals surface area contributed by atoms with Crippen LogP contribution in [0.2, 0.25) is 0 Å². The first kappa shape index (κ1) is 10.6. The molecule has 0 bridgehead atoms. The number of benzene rings is 1. The van der Waals surface area contributed by atoms with Crippen molar-refractivity contribution in [1.29, 1.82) is 0 Å². The quantitative estimate of drug-likeness (QED) is 0.681. The van der Waals surface area contributed by atoms with Crippen LogP contribution < -0.4 is 10.5 Å². The van der Waals surface area contributed by atoms with Crippen LogP contribution in [0.3, 0.4) is 0 Å². The Hall–Kier alpha value is -1.46. The summed E-state index contributed by atoms with van der Waals surface area (Å²) < 4.78 is 5.23. The van der Waals surface area contributed by atoms with E-state index in [0.717, 1.165) is 11.3 Å². The van der Waals surface area contributed by atoms with Crippen LogP contribution in [0, 0.1) is 25.7 Å². The number of hydrogen-bond donors (Lipinski definition) is 1.